The number of thioether (sulfide) groups is 1. The van der Waals surface area contributed by atoms with Gasteiger partial charge in [0.1, 0.15) is 0 Å². The van der Waals surface area contributed by atoms with Gasteiger partial charge in [-0.05, 0) is 12.3 Å². The molecule has 1 heterocycles. The summed E-state index contributed by atoms with van der Waals surface area (Å²) in [5.41, 5.74) is 0. The van der Waals surface area contributed by atoms with Crippen LogP contribution in [0.5, 0.6) is 0 Å². The van der Waals surface area contributed by atoms with Crippen LogP contribution in [0.3, 0.4) is 0 Å². The fraction of sp³-hybridized carbons (Fsp3) is 0.800. The summed E-state index contributed by atoms with van der Waals surface area (Å²) in [7, 11) is 0. The van der Waals surface area contributed by atoms with Crippen molar-refractivity contribution < 1.29 is 14.7 Å². The summed E-state index contributed by atoms with van der Waals surface area (Å²) in [5.74, 6) is 0.163. The van der Waals surface area contributed by atoms with Gasteiger partial charge in [-0.1, -0.05) is 13.3 Å². The van der Waals surface area contributed by atoms with E-state index in [1.807, 2.05) is 4.90 Å². The van der Waals surface area contributed by atoms with E-state index in [4.69, 9.17) is 5.11 Å². The number of nitrogens with zero attached hydrogens (tertiary/aromatic N) is 1. The third-order valence-electron chi connectivity index (χ3n) is 2.67. The molecule has 0 aromatic heterocycles. The number of aliphatic carboxylic acids is 1. The quantitative estimate of drug-likeness (QED) is 0.768. The Balaban J connectivity index is 2.20. The van der Waals surface area contributed by atoms with Crippen LogP contribution in [-0.4, -0.2) is 46.5 Å². The predicted molar refractivity (Wildman–Crippen MR) is 59.9 cm³/mol. The highest BCUT2D eigenvalue weighted by molar-refractivity contribution is 8.00. The van der Waals surface area contributed by atoms with Gasteiger partial charge >= 0.3 is 5.97 Å². The Morgan fingerprint density at radius 2 is 2.20 bits per heavy atom. The zero-order valence-corrected chi connectivity index (χ0v) is 9.76. The SMILES string of the molecule is CCC1CCN(C(=O)CSCC(=O)O)C1. The minimum atomic E-state index is -0.861. The van der Waals surface area contributed by atoms with Crippen molar-refractivity contribution >= 4 is 23.6 Å². The number of amides is 1. The first-order valence-corrected chi connectivity index (χ1v) is 6.36. The molecule has 4 nitrogen and oxygen atoms in total. The largest absolute Gasteiger partial charge is 0.481 e. The van der Waals surface area contributed by atoms with Crippen molar-refractivity contribution in [2.24, 2.45) is 5.92 Å². The number of hydrogen-bond acceptors (Lipinski definition) is 3. The average molecular weight is 231 g/mol. The van der Waals surface area contributed by atoms with Crippen molar-refractivity contribution in [3.05, 3.63) is 0 Å². The molecule has 15 heavy (non-hydrogen) atoms. The fourth-order valence-corrected chi connectivity index (χ4v) is 2.34. The first-order valence-electron chi connectivity index (χ1n) is 5.20. The number of carbonyl (C=O) groups is 2. The highest BCUT2D eigenvalue weighted by atomic mass is 32.2. The van der Waals surface area contributed by atoms with Gasteiger partial charge < -0.3 is 10.0 Å². The minimum absolute atomic E-state index is 0.0107. The molecule has 1 fully saturated rings. The molecule has 0 radical (unpaired) electrons. The topological polar surface area (TPSA) is 57.6 Å². The van der Waals surface area contributed by atoms with Crippen LogP contribution in [0.1, 0.15) is 19.8 Å². The molecule has 5 heteroatoms. The highest BCUT2D eigenvalue weighted by Gasteiger charge is 2.24. The van der Waals surface area contributed by atoms with E-state index in [1.54, 1.807) is 0 Å². The standard InChI is InChI=1S/C10H17NO3S/c1-2-8-3-4-11(5-8)9(12)6-15-7-10(13)14/h8H,2-7H2,1H3,(H,13,14). The van der Waals surface area contributed by atoms with Crippen LogP contribution in [0.25, 0.3) is 0 Å². The predicted octanol–water partition coefficient (Wildman–Crippen LogP) is 1.06. The Hall–Kier alpha value is -0.710. The molecule has 1 saturated heterocycles. The lowest BCUT2D eigenvalue weighted by molar-refractivity contribution is -0.133. The fourth-order valence-electron chi connectivity index (χ4n) is 1.71. The van der Waals surface area contributed by atoms with Gasteiger partial charge in [-0.15, -0.1) is 11.8 Å². The van der Waals surface area contributed by atoms with Crippen LogP contribution in [0, 0.1) is 5.92 Å². The molecular formula is C10H17NO3S. The number of carbonyl (C=O) groups excluding carboxylic acids is 1. The summed E-state index contributed by atoms with van der Waals surface area (Å²) in [6.07, 6.45) is 2.21. The average Bonchev–Trinajstić information content (AvgIpc) is 2.65. The van der Waals surface area contributed by atoms with Gasteiger partial charge in [-0.25, -0.2) is 0 Å². The number of carboxylic acid groups (broad SMARTS) is 1. The van der Waals surface area contributed by atoms with Crippen molar-refractivity contribution in [3.63, 3.8) is 0 Å². The van der Waals surface area contributed by atoms with Crippen molar-refractivity contribution in [2.75, 3.05) is 24.6 Å². The molecule has 1 aliphatic rings. The summed E-state index contributed by atoms with van der Waals surface area (Å²) >= 11 is 1.17. The normalized spacial score (nSPS) is 20.6. The Labute approximate surface area is 94.0 Å². The van der Waals surface area contributed by atoms with Crippen molar-refractivity contribution in [1.29, 1.82) is 0 Å². The molecule has 0 spiro atoms. The summed E-state index contributed by atoms with van der Waals surface area (Å²) < 4.78 is 0. The lowest BCUT2D eigenvalue weighted by Gasteiger charge is -2.15. The molecule has 0 aliphatic carbocycles. The van der Waals surface area contributed by atoms with Gasteiger partial charge in [0.05, 0.1) is 11.5 Å². The van der Waals surface area contributed by atoms with Crippen molar-refractivity contribution in [3.8, 4) is 0 Å². The Morgan fingerprint density at radius 3 is 2.73 bits per heavy atom. The van der Waals surface area contributed by atoms with Gasteiger partial charge in [0.25, 0.3) is 0 Å². The van der Waals surface area contributed by atoms with Gasteiger partial charge in [-0.3, -0.25) is 9.59 Å². The monoisotopic (exact) mass is 231 g/mol. The maximum absolute atomic E-state index is 11.6. The van der Waals surface area contributed by atoms with E-state index < -0.39 is 5.97 Å². The number of likely N-dealkylation sites (tertiary alicyclic amines) is 1. The third-order valence-corrected chi connectivity index (χ3v) is 3.57. The van der Waals surface area contributed by atoms with E-state index in [-0.39, 0.29) is 11.7 Å². The Kier molecular flexibility index (Phi) is 4.94. The molecule has 1 N–H and O–H groups in total. The van der Waals surface area contributed by atoms with Crippen LogP contribution in [0.15, 0.2) is 0 Å². The van der Waals surface area contributed by atoms with Crippen LogP contribution < -0.4 is 0 Å². The molecule has 0 aromatic carbocycles. The van der Waals surface area contributed by atoms with Crippen molar-refractivity contribution in [1.82, 2.24) is 4.90 Å². The van der Waals surface area contributed by atoms with E-state index in [9.17, 15) is 9.59 Å². The van der Waals surface area contributed by atoms with Gasteiger partial charge in [0, 0.05) is 13.1 Å². The molecule has 0 saturated carbocycles. The van der Waals surface area contributed by atoms with Crippen LogP contribution in [-0.2, 0) is 9.59 Å². The second kappa shape index (κ2) is 6.00. The maximum Gasteiger partial charge on any atom is 0.313 e. The minimum Gasteiger partial charge on any atom is -0.481 e. The zero-order valence-electron chi connectivity index (χ0n) is 8.94. The second-order valence-electron chi connectivity index (χ2n) is 3.79. The molecule has 0 aromatic rings. The number of rotatable bonds is 5. The molecule has 1 unspecified atom stereocenters. The first kappa shape index (κ1) is 12.4. The van der Waals surface area contributed by atoms with Crippen LogP contribution in [0.4, 0.5) is 0 Å². The Bertz CT molecular complexity index is 245. The molecule has 0 bridgehead atoms. The van der Waals surface area contributed by atoms with Crippen LogP contribution in [0.2, 0.25) is 0 Å². The molecular weight excluding hydrogens is 214 g/mol. The molecule has 1 atom stereocenters. The highest BCUT2D eigenvalue weighted by Crippen LogP contribution is 2.19. The lowest BCUT2D eigenvalue weighted by atomic mass is 10.1. The lowest BCUT2D eigenvalue weighted by Crippen LogP contribution is -2.30. The zero-order chi connectivity index (χ0) is 11.3. The van der Waals surface area contributed by atoms with E-state index in [1.165, 1.54) is 11.8 Å². The summed E-state index contributed by atoms with van der Waals surface area (Å²) in [4.78, 5) is 23.7. The summed E-state index contributed by atoms with van der Waals surface area (Å²) in [6, 6.07) is 0. The third kappa shape index (κ3) is 4.11. The van der Waals surface area contributed by atoms with E-state index in [0.29, 0.717) is 11.7 Å². The van der Waals surface area contributed by atoms with Gasteiger partial charge in [-0.2, -0.15) is 0 Å². The number of carboxylic acids is 1. The maximum atomic E-state index is 11.6. The first-order chi connectivity index (χ1) is 7.13. The van der Waals surface area contributed by atoms with Gasteiger partial charge in [0.15, 0.2) is 0 Å². The van der Waals surface area contributed by atoms with E-state index >= 15 is 0 Å². The van der Waals surface area contributed by atoms with Crippen molar-refractivity contribution in [2.45, 2.75) is 19.8 Å². The Morgan fingerprint density at radius 1 is 1.47 bits per heavy atom. The molecule has 1 rings (SSSR count). The smallest absolute Gasteiger partial charge is 0.313 e. The van der Waals surface area contributed by atoms with Gasteiger partial charge in [0.2, 0.25) is 5.91 Å². The molecule has 86 valence electrons. The summed E-state index contributed by atoms with van der Waals surface area (Å²) in [5, 5.41) is 8.43. The van der Waals surface area contributed by atoms with Crippen LogP contribution >= 0.6 is 11.8 Å². The molecule has 1 amide bonds. The number of hydrogen-bond donors (Lipinski definition) is 1. The molecule has 1 aliphatic heterocycles. The second-order valence-corrected chi connectivity index (χ2v) is 4.77. The van der Waals surface area contributed by atoms with E-state index in [2.05, 4.69) is 6.92 Å². The van der Waals surface area contributed by atoms with E-state index in [0.717, 1.165) is 25.9 Å². The summed E-state index contributed by atoms with van der Waals surface area (Å²) in [6.45, 7) is 3.83.